The van der Waals surface area contributed by atoms with Crippen molar-refractivity contribution in [3.8, 4) is 11.5 Å². The molecule has 180 valence electrons. The normalized spacial score (nSPS) is 16.9. The van der Waals surface area contributed by atoms with Gasteiger partial charge in [0.2, 0.25) is 0 Å². The lowest BCUT2D eigenvalue weighted by Gasteiger charge is -2.35. The molecule has 0 bridgehead atoms. The lowest BCUT2D eigenvalue weighted by atomic mass is 10.0. The van der Waals surface area contributed by atoms with Crippen molar-refractivity contribution in [2.24, 2.45) is 0 Å². The molecule has 0 saturated carbocycles. The molecule has 0 aliphatic carbocycles. The third kappa shape index (κ3) is 4.46. The van der Waals surface area contributed by atoms with Crippen molar-refractivity contribution in [2.45, 2.75) is 13.8 Å². The highest BCUT2D eigenvalue weighted by molar-refractivity contribution is 6.36. The number of nitrogens with zero attached hydrogens (tertiary/aromatic N) is 3. The van der Waals surface area contributed by atoms with E-state index in [0.29, 0.717) is 29.2 Å². The maximum atomic E-state index is 13.1. The Morgan fingerprint density at radius 3 is 2.09 bits per heavy atom. The first-order chi connectivity index (χ1) is 16.5. The Balaban J connectivity index is 1.62. The molecule has 4 rings (SSSR count). The van der Waals surface area contributed by atoms with E-state index in [-0.39, 0.29) is 17.5 Å². The highest BCUT2D eigenvalue weighted by Crippen LogP contribution is 2.35. The number of hydrogen-bond donors (Lipinski definition) is 1. The predicted molar refractivity (Wildman–Crippen MR) is 133 cm³/mol. The summed E-state index contributed by atoms with van der Waals surface area (Å²) in [6.07, 6.45) is 0. The molecule has 2 aromatic carbocycles. The highest BCUT2D eigenvalue weighted by atomic mass is 16.5. The number of hydrogen-bond acceptors (Lipinski definition) is 7. The predicted octanol–water partition coefficient (Wildman–Crippen LogP) is 3.06. The van der Waals surface area contributed by atoms with Crippen molar-refractivity contribution < 1.29 is 19.1 Å². The minimum atomic E-state index is -0.336. The van der Waals surface area contributed by atoms with Crippen LogP contribution in [0.15, 0.2) is 48.2 Å². The molecule has 34 heavy (non-hydrogen) atoms. The molecule has 1 fully saturated rings. The summed E-state index contributed by atoms with van der Waals surface area (Å²) in [5, 5.41) is 3.22. The Kier molecular flexibility index (Phi) is 7.07. The Hall–Kier alpha value is -3.52. The van der Waals surface area contributed by atoms with E-state index in [1.54, 1.807) is 39.3 Å². The minimum absolute atomic E-state index is 0.267. The third-order valence-electron chi connectivity index (χ3n) is 6.48. The van der Waals surface area contributed by atoms with E-state index in [2.05, 4.69) is 34.2 Å². The van der Waals surface area contributed by atoms with Gasteiger partial charge in [-0.05, 0) is 55.4 Å². The van der Waals surface area contributed by atoms with Crippen LogP contribution < -0.4 is 19.7 Å². The molecule has 8 heteroatoms. The average Bonchev–Trinajstić information content (AvgIpc) is 3.12. The zero-order valence-electron chi connectivity index (χ0n) is 20.3. The second-order valence-corrected chi connectivity index (χ2v) is 8.27. The number of piperazine rings is 1. The summed E-state index contributed by atoms with van der Waals surface area (Å²) in [5.74, 6) is 0.389. The first kappa shape index (κ1) is 23.6. The molecule has 0 atom stereocenters. The van der Waals surface area contributed by atoms with Crippen LogP contribution in [0.5, 0.6) is 11.5 Å². The monoisotopic (exact) mass is 464 g/mol. The van der Waals surface area contributed by atoms with Crippen molar-refractivity contribution in [1.29, 1.82) is 0 Å². The molecule has 2 amide bonds. The topological polar surface area (TPSA) is 74.3 Å². The fraction of sp³-hybridized carbons (Fsp3) is 0.385. The summed E-state index contributed by atoms with van der Waals surface area (Å²) < 4.78 is 10.7. The molecule has 0 unspecified atom stereocenters. The van der Waals surface area contributed by atoms with Crippen molar-refractivity contribution >= 4 is 28.8 Å². The SMILES string of the molecule is CCN1CCN(c2ccc(NC3=C(c4ccc(OC)c(OC)c4)C(=O)N(CC)C3=O)cc2)CC1. The van der Waals surface area contributed by atoms with Gasteiger partial charge in [0, 0.05) is 44.1 Å². The first-order valence-electron chi connectivity index (χ1n) is 11.7. The molecule has 0 spiro atoms. The van der Waals surface area contributed by atoms with Crippen LogP contribution >= 0.6 is 0 Å². The number of imide groups is 1. The van der Waals surface area contributed by atoms with Crippen LogP contribution in [-0.4, -0.2) is 75.1 Å². The van der Waals surface area contributed by atoms with Gasteiger partial charge in [0.05, 0.1) is 19.8 Å². The molecular weight excluding hydrogens is 432 g/mol. The fourth-order valence-electron chi connectivity index (χ4n) is 4.46. The Morgan fingerprint density at radius 1 is 0.824 bits per heavy atom. The van der Waals surface area contributed by atoms with Crippen LogP contribution in [0.4, 0.5) is 11.4 Å². The number of ether oxygens (including phenoxy) is 2. The van der Waals surface area contributed by atoms with Gasteiger partial charge in [0.1, 0.15) is 5.70 Å². The standard InChI is InChI=1S/C26H32N4O4/c1-5-28-13-15-29(16-14-28)20-10-8-19(9-11-20)27-24-23(25(31)30(6-2)26(24)32)18-7-12-21(33-3)22(17-18)34-4/h7-12,17,27H,5-6,13-16H2,1-4H3. The van der Waals surface area contributed by atoms with Gasteiger partial charge in [-0.15, -0.1) is 0 Å². The van der Waals surface area contributed by atoms with Gasteiger partial charge in [0.15, 0.2) is 11.5 Å². The molecule has 0 aromatic heterocycles. The van der Waals surface area contributed by atoms with Gasteiger partial charge < -0.3 is 24.6 Å². The number of nitrogens with one attached hydrogen (secondary N) is 1. The van der Waals surface area contributed by atoms with Crippen LogP contribution in [0, 0.1) is 0 Å². The van der Waals surface area contributed by atoms with Crippen molar-refractivity contribution in [1.82, 2.24) is 9.80 Å². The van der Waals surface area contributed by atoms with Crippen LogP contribution in [-0.2, 0) is 9.59 Å². The van der Waals surface area contributed by atoms with E-state index < -0.39 is 0 Å². The quantitative estimate of drug-likeness (QED) is 0.602. The summed E-state index contributed by atoms with van der Waals surface area (Å²) in [5.41, 5.74) is 3.10. The van der Waals surface area contributed by atoms with E-state index >= 15 is 0 Å². The zero-order chi connectivity index (χ0) is 24.2. The fourth-order valence-corrected chi connectivity index (χ4v) is 4.46. The number of anilines is 2. The molecule has 1 saturated heterocycles. The molecule has 1 N–H and O–H groups in total. The van der Waals surface area contributed by atoms with Crippen molar-refractivity contribution in [2.75, 3.05) is 63.7 Å². The van der Waals surface area contributed by atoms with Gasteiger partial charge >= 0.3 is 0 Å². The number of amides is 2. The second-order valence-electron chi connectivity index (χ2n) is 8.27. The van der Waals surface area contributed by atoms with Crippen LogP contribution in [0.3, 0.4) is 0 Å². The Morgan fingerprint density at radius 2 is 1.50 bits per heavy atom. The molecule has 2 aliphatic rings. The van der Waals surface area contributed by atoms with E-state index in [4.69, 9.17) is 9.47 Å². The van der Waals surface area contributed by atoms with E-state index in [0.717, 1.165) is 44.1 Å². The van der Waals surface area contributed by atoms with Gasteiger partial charge in [-0.2, -0.15) is 0 Å². The Bertz CT molecular complexity index is 1090. The maximum Gasteiger partial charge on any atom is 0.278 e. The number of methoxy groups -OCH3 is 2. The molecule has 0 radical (unpaired) electrons. The third-order valence-corrected chi connectivity index (χ3v) is 6.48. The smallest absolute Gasteiger partial charge is 0.278 e. The maximum absolute atomic E-state index is 13.1. The van der Waals surface area contributed by atoms with Gasteiger partial charge in [-0.1, -0.05) is 13.0 Å². The number of likely N-dealkylation sites (N-methyl/N-ethyl adjacent to an activating group) is 2. The molecule has 8 nitrogen and oxygen atoms in total. The summed E-state index contributed by atoms with van der Waals surface area (Å²) in [4.78, 5) is 32.3. The van der Waals surface area contributed by atoms with Crippen LogP contribution in [0.2, 0.25) is 0 Å². The van der Waals surface area contributed by atoms with Gasteiger partial charge in [0.25, 0.3) is 11.8 Å². The van der Waals surface area contributed by atoms with Crippen LogP contribution in [0.1, 0.15) is 19.4 Å². The van der Waals surface area contributed by atoms with E-state index in [9.17, 15) is 9.59 Å². The summed E-state index contributed by atoms with van der Waals surface area (Å²) >= 11 is 0. The van der Waals surface area contributed by atoms with Gasteiger partial charge in [-0.25, -0.2) is 0 Å². The van der Waals surface area contributed by atoms with E-state index in [1.165, 1.54) is 4.90 Å². The largest absolute Gasteiger partial charge is 0.493 e. The number of benzene rings is 2. The van der Waals surface area contributed by atoms with Crippen molar-refractivity contribution in [3.63, 3.8) is 0 Å². The summed E-state index contributed by atoms with van der Waals surface area (Å²) in [7, 11) is 3.10. The van der Waals surface area contributed by atoms with Crippen LogP contribution in [0.25, 0.3) is 5.57 Å². The molecule has 2 heterocycles. The molecular formula is C26H32N4O4. The number of carbonyl (C=O) groups is 2. The lowest BCUT2D eigenvalue weighted by Crippen LogP contribution is -2.46. The zero-order valence-corrected chi connectivity index (χ0v) is 20.3. The molecule has 2 aliphatic heterocycles. The first-order valence-corrected chi connectivity index (χ1v) is 11.7. The van der Waals surface area contributed by atoms with E-state index in [1.807, 2.05) is 12.1 Å². The minimum Gasteiger partial charge on any atom is -0.493 e. The summed E-state index contributed by atoms with van der Waals surface area (Å²) in [6, 6.07) is 13.2. The number of rotatable bonds is 8. The molecule has 2 aromatic rings. The Labute approximate surface area is 200 Å². The highest BCUT2D eigenvalue weighted by Gasteiger charge is 2.38. The van der Waals surface area contributed by atoms with Gasteiger partial charge in [-0.3, -0.25) is 14.5 Å². The van der Waals surface area contributed by atoms with Crippen molar-refractivity contribution in [3.05, 3.63) is 53.7 Å². The lowest BCUT2D eigenvalue weighted by molar-refractivity contribution is -0.136. The average molecular weight is 465 g/mol. The number of carbonyl (C=O) groups excluding carboxylic acids is 2. The summed E-state index contributed by atoms with van der Waals surface area (Å²) in [6.45, 7) is 9.45. The second kappa shape index (κ2) is 10.2.